The normalized spacial score (nSPS) is 12.0. The third kappa shape index (κ3) is 6.53. The minimum absolute atomic E-state index is 0.252. The van der Waals surface area contributed by atoms with Crippen molar-refractivity contribution in [1.82, 2.24) is 10.2 Å². The Morgan fingerprint density at radius 2 is 1.67 bits per heavy atom. The van der Waals surface area contributed by atoms with Crippen LogP contribution in [0, 0.1) is 0 Å². The van der Waals surface area contributed by atoms with Gasteiger partial charge in [-0.05, 0) is 42.8 Å². The molecule has 0 fully saturated rings. The number of carbonyl (C=O) groups excluding carboxylic acids is 1. The van der Waals surface area contributed by atoms with Crippen LogP contribution in [0.4, 0.5) is 0 Å². The molecule has 0 aliphatic rings. The fourth-order valence-electron chi connectivity index (χ4n) is 2.98. The summed E-state index contributed by atoms with van der Waals surface area (Å²) in [5.41, 5.74) is 2.48. The Labute approximate surface area is 161 Å². The fourth-order valence-corrected chi connectivity index (χ4v) is 2.98. The number of nitrogens with zero attached hydrogens (tertiary/aromatic N) is 1. The van der Waals surface area contributed by atoms with Crippen LogP contribution >= 0.6 is 0 Å². The zero-order valence-electron chi connectivity index (χ0n) is 16.0. The first-order chi connectivity index (χ1) is 13.0. The van der Waals surface area contributed by atoms with Crippen molar-refractivity contribution in [3.05, 3.63) is 71.3 Å². The van der Waals surface area contributed by atoms with Crippen molar-refractivity contribution in [3.63, 3.8) is 0 Å². The van der Waals surface area contributed by atoms with Crippen molar-refractivity contribution >= 4 is 11.9 Å². The van der Waals surface area contributed by atoms with E-state index in [1.165, 1.54) is 0 Å². The van der Waals surface area contributed by atoms with Gasteiger partial charge in [-0.3, -0.25) is 9.69 Å². The van der Waals surface area contributed by atoms with E-state index in [9.17, 15) is 14.7 Å². The van der Waals surface area contributed by atoms with Gasteiger partial charge in [0.2, 0.25) is 0 Å². The predicted molar refractivity (Wildman–Crippen MR) is 107 cm³/mol. The van der Waals surface area contributed by atoms with E-state index in [0.29, 0.717) is 5.56 Å². The molecule has 0 radical (unpaired) electrons. The zero-order chi connectivity index (χ0) is 19.6. The molecule has 0 aromatic heterocycles. The lowest BCUT2D eigenvalue weighted by Gasteiger charge is -2.19. The van der Waals surface area contributed by atoms with E-state index in [0.717, 1.165) is 37.2 Å². The highest BCUT2D eigenvalue weighted by Gasteiger charge is 2.21. The molecule has 0 aliphatic heterocycles. The molecule has 0 heterocycles. The minimum Gasteiger partial charge on any atom is -0.480 e. The molecule has 2 aromatic rings. The van der Waals surface area contributed by atoms with Gasteiger partial charge in [0.1, 0.15) is 6.04 Å². The lowest BCUT2D eigenvalue weighted by Crippen LogP contribution is -2.42. The summed E-state index contributed by atoms with van der Waals surface area (Å²) >= 11 is 0. The van der Waals surface area contributed by atoms with Crippen LogP contribution < -0.4 is 5.32 Å². The molecule has 2 aromatic carbocycles. The molecule has 1 atom stereocenters. The lowest BCUT2D eigenvalue weighted by atomic mass is 10.1. The summed E-state index contributed by atoms with van der Waals surface area (Å²) in [6, 6.07) is 15.7. The number of benzene rings is 2. The van der Waals surface area contributed by atoms with E-state index in [1.807, 2.05) is 42.5 Å². The quantitative estimate of drug-likeness (QED) is 0.675. The second-order valence-corrected chi connectivity index (χ2v) is 6.62. The van der Waals surface area contributed by atoms with Gasteiger partial charge >= 0.3 is 5.97 Å². The van der Waals surface area contributed by atoms with Gasteiger partial charge < -0.3 is 10.4 Å². The number of nitrogens with one attached hydrogen (secondary N) is 1. The highest BCUT2D eigenvalue weighted by Crippen LogP contribution is 2.10. The summed E-state index contributed by atoms with van der Waals surface area (Å²) in [5.74, 6) is -1.41. The fraction of sp³-hybridized carbons (Fsp3) is 0.364. The maximum Gasteiger partial charge on any atom is 0.326 e. The van der Waals surface area contributed by atoms with Gasteiger partial charge in [0, 0.05) is 18.5 Å². The molecule has 0 bridgehead atoms. The summed E-state index contributed by atoms with van der Waals surface area (Å²) in [7, 11) is 0. The van der Waals surface area contributed by atoms with Crippen LogP contribution in [0.2, 0.25) is 0 Å². The van der Waals surface area contributed by atoms with Gasteiger partial charge in [0.25, 0.3) is 5.91 Å². The molecule has 0 saturated carbocycles. The summed E-state index contributed by atoms with van der Waals surface area (Å²) < 4.78 is 0. The van der Waals surface area contributed by atoms with Gasteiger partial charge in [0.05, 0.1) is 0 Å². The summed E-state index contributed by atoms with van der Waals surface area (Å²) in [4.78, 5) is 26.3. The van der Waals surface area contributed by atoms with Crippen LogP contribution in [-0.2, 0) is 17.8 Å². The highest BCUT2D eigenvalue weighted by atomic mass is 16.4. The van der Waals surface area contributed by atoms with Gasteiger partial charge in [-0.1, -0.05) is 56.3 Å². The van der Waals surface area contributed by atoms with Crippen LogP contribution in [-0.4, -0.2) is 41.0 Å². The number of aliphatic carboxylic acids is 1. The maximum atomic E-state index is 12.5. The van der Waals surface area contributed by atoms with Crippen LogP contribution in [0.5, 0.6) is 0 Å². The Morgan fingerprint density at radius 1 is 1.00 bits per heavy atom. The third-order valence-corrected chi connectivity index (χ3v) is 4.50. The number of amides is 1. The van der Waals surface area contributed by atoms with Gasteiger partial charge in [0.15, 0.2) is 0 Å². The highest BCUT2D eigenvalue weighted by molar-refractivity contribution is 5.96. The third-order valence-electron chi connectivity index (χ3n) is 4.50. The van der Waals surface area contributed by atoms with E-state index < -0.39 is 12.0 Å². The Hall–Kier alpha value is -2.66. The minimum atomic E-state index is -1.04. The van der Waals surface area contributed by atoms with Crippen LogP contribution in [0.15, 0.2) is 54.6 Å². The van der Waals surface area contributed by atoms with E-state index in [4.69, 9.17) is 0 Å². The van der Waals surface area contributed by atoms with Crippen molar-refractivity contribution < 1.29 is 14.7 Å². The molecule has 27 heavy (non-hydrogen) atoms. The van der Waals surface area contributed by atoms with Gasteiger partial charge in [-0.2, -0.15) is 0 Å². The second-order valence-electron chi connectivity index (χ2n) is 6.62. The molecular formula is C22H28N2O3. The van der Waals surface area contributed by atoms with Gasteiger partial charge in [-0.25, -0.2) is 4.79 Å². The lowest BCUT2D eigenvalue weighted by molar-refractivity contribution is -0.139. The smallest absolute Gasteiger partial charge is 0.326 e. The Balaban J connectivity index is 2.00. The topological polar surface area (TPSA) is 69.6 Å². The van der Waals surface area contributed by atoms with E-state index >= 15 is 0 Å². The number of carboxylic acids is 1. The second kappa shape index (κ2) is 10.5. The predicted octanol–water partition coefficient (Wildman–Crippen LogP) is 3.34. The van der Waals surface area contributed by atoms with Crippen molar-refractivity contribution in [1.29, 1.82) is 0 Å². The number of rotatable bonds is 10. The Kier molecular flexibility index (Phi) is 8.01. The molecule has 0 aliphatic carbocycles. The number of hydrogen-bond acceptors (Lipinski definition) is 3. The average molecular weight is 368 g/mol. The van der Waals surface area contributed by atoms with Crippen LogP contribution in [0.3, 0.4) is 0 Å². The first-order valence-electron chi connectivity index (χ1n) is 9.42. The first kappa shape index (κ1) is 20.6. The molecule has 5 heteroatoms. The molecule has 0 unspecified atom stereocenters. The molecule has 1 amide bonds. The monoisotopic (exact) mass is 368 g/mol. The zero-order valence-corrected chi connectivity index (χ0v) is 16.0. The number of carbonyl (C=O) groups is 2. The van der Waals surface area contributed by atoms with Crippen molar-refractivity contribution in [2.75, 3.05) is 13.1 Å². The van der Waals surface area contributed by atoms with E-state index in [-0.39, 0.29) is 12.3 Å². The molecule has 2 N–H and O–H groups in total. The average Bonchev–Trinajstić information content (AvgIpc) is 2.68. The van der Waals surface area contributed by atoms with Crippen LogP contribution in [0.1, 0.15) is 41.8 Å². The van der Waals surface area contributed by atoms with Crippen molar-refractivity contribution in [2.45, 2.75) is 39.3 Å². The molecule has 5 nitrogen and oxygen atoms in total. The molecule has 0 saturated heterocycles. The summed E-state index contributed by atoms with van der Waals surface area (Å²) in [6.45, 7) is 7.16. The first-order valence-corrected chi connectivity index (χ1v) is 9.42. The summed E-state index contributed by atoms with van der Waals surface area (Å²) in [6.07, 6.45) is 1.36. The molecular weight excluding hydrogens is 340 g/mol. The Morgan fingerprint density at radius 3 is 2.22 bits per heavy atom. The van der Waals surface area contributed by atoms with E-state index in [1.54, 1.807) is 12.1 Å². The van der Waals surface area contributed by atoms with Gasteiger partial charge in [-0.15, -0.1) is 0 Å². The number of hydrogen-bond donors (Lipinski definition) is 2. The maximum absolute atomic E-state index is 12.5. The molecule has 0 spiro atoms. The molecule has 2 rings (SSSR count). The number of carboxylic acid groups (broad SMARTS) is 1. The van der Waals surface area contributed by atoms with Crippen molar-refractivity contribution in [2.24, 2.45) is 0 Å². The molecule has 144 valence electrons. The standard InChI is InChI=1S/C22H28N2O3/c1-3-14-24(4-2)16-18-10-12-19(13-11-18)21(25)23-20(22(26)27)15-17-8-6-5-7-9-17/h5-13,20H,3-4,14-16H2,1-2H3,(H,23,25)(H,26,27)/t20-/m0/s1. The summed E-state index contributed by atoms with van der Waals surface area (Å²) in [5, 5.41) is 12.1. The largest absolute Gasteiger partial charge is 0.480 e. The Bertz CT molecular complexity index is 729. The van der Waals surface area contributed by atoms with Crippen molar-refractivity contribution in [3.8, 4) is 0 Å². The van der Waals surface area contributed by atoms with Crippen LogP contribution in [0.25, 0.3) is 0 Å². The van der Waals surface area contributed by atoms with E-state index in [2.05, 4.69) is 24.1 Å². The SMILES string of the molecule is CCCN(CC)Cc1ccc(C(=O)N[C@@H](Cc2ccccc2)C(=O)O)cc1.